The van der Waals surface area contributed by atoms with Crippen molar-refractivity contribution in [2.45, 2.75) is 46.3 Å². The third kappa shape index (κ3) is 7.67. The van der Waals surface area contributed by atoms with Crippen LogP contribution in [0.2, 0.25) is 0 Å². The van der Waals surface area contributed by atoms with Crippen molar-refractivity contribution < 1.29 is 14.3 Å². The molecule has 1 aromatic heterocycles. The number of nitrogens with zero attached hydrogens (tertiary/aromatic N) is 1. The summed E-state index contributed by atoms with van der Waals surface area (Å²) in [5.74, 6) is 0.810. The molecule has 5 nitrogen and oxygen atoms in total. The third-order valence-electron chi connectivity index (χ3n) is 3.42. The van der Waals surface area contributed by atoms with Gasteiger partial charge in [-0.15, -0.1) is 11.3 Å². The molecular weight excluding hydrogens is 336 g/mol. The van der Waals surface area contributed by atoms with Crippen LogP contribution in [0.15, 0.2) is 29.6 Å². The monoisotopic (exact) mass is 362 g/mol. The molecule has 0 aliphatic heterocycles. The van der Waals surface area contributed by atoms with Crippen molar-refractivity contribution in [1.29, 1.82) is 0 Å². The average Bonchev–Trinajstić information content (AvgIpc) is 3.01. The van der Waals surface area contributed by atoms with E-state index in [1.165, 1.54) is 16.9 Å². The molecule has 0 aliphatic carbocycles. The molecule has 136 valence electrons. The maximum Gasteiger partial charge on any atom is 0.226 e. The largest absolute Gasteiger partial charge is 0.486 e. The topological polar surface area (TPSA) is 60.5 Å². The van der Waals surface area contributed by atoms with Gasteiger partial charge in [-0.2, -0.15) is 0 Å². The van der Waals surface area contributed by atoms with Crippen LogP contribution in [0.25, 0.3) is 0 Å². The highest BCUT2D eigenvalue weighted by molar-refractivity contribution is 7.09. The summed E-state index contributed by atoms with van der Waals surface area (Å²) in [7, 11) is 0. The van der Waals surface area contributed by atoms with Crippen molar-refractivity contribution in [3.8, 4) is 5.75 Å². The molecule has 25 heavy (non-hydrogen) atoms. The maximum atomic E-state index is 11.9. The van der Waals surface area contributed by atoms with Crippen LogP contribution in [0.5, 0.6) is 5.75 Å². The predicted octanol–water partition coefficient (Wildman–Crippen LogP) is 3.50. The van der Waals surface area contributed by atoms with Crippen LogP contribution in [0.3, 0.4) is 0 Å². The highest BCUT2D eigenvalue weighted by atomic mass is 32.1. The van der Waals surface area contributed by atoms with E-state index in [4.69, 9.17) is 9.47 Å². The van der Waals surface area contributed by atoms with Crippen molar-refractivity contribution in [2.75, 3.05) is 13.2 Å². The van der Waals surface area contributed by atoms with Crippen LogP contribution >= 0.6 is 11.3 Å². The molecule has 0 aliphatic rings. The van der Waals surface area contributed by atoms with E-state index in [1.807, 2.05) is 50.4 Å². The van der Waals surface area contributed by atoms with E-state index in [1.54, 1.807) is 0 Å². The summed E-state index contributed by atoms with van der Waals surface area (Å²) in [6, 6.07) is 7.92. The lowest BCUT2D eigenvalue weighted by Crippen LogP contribution is -2.27. The second kappa shape index (κ2) is 10.2. The molecule has 0 saturated heterocycles. The van der Waals surface area contributed by atoms with E-state index in [2.05, 4.69) is 10.3 Å². The minimum atomic E-state index is -0.0131. The van der Waals surface area contributed by atoms with Crippen LogP contribution in [-0.4, -0.2) is 30.1 Å². The Labute approximate surface area is 153 Å². The molecule has 0 spiro atoms. The lowest BCUT2D eigenvalue weighted by atomic mass is 10.2. The Kier molecular flexibility index (Phi) is 7.88. The molecule has 0 radical (unpaired) electrons. The van der Waals surface area contributed by atoms with Crippen LogP contribution in [0.1, 0.15) is 36.5 Å². The molecule has 2 rings (SSSR count). The van der Waals surface area contributed by atoms with E-state index < -0.39 is 0 Å². The summed E-state index contributed by atoms with van der Waals surface area (Å²) in [6.45, 7) is 7.75. The van der Waals surface area contributed by atoms with Crippen molar-refractivity contribution in [3.63, 3.8) is 0 Å². The van der Waals surface area contributed by atoms with Crippen LogP contribution in [0.4, 0.5) is 0 Å². The van der Waals surface area contributed by atoms with Crippen LogP contribution in [0, 0.1) is 6.92 Å². The fraction of sp³-hybridized carbons (Fsp3) is 0.474. The number of hydrogen-bond donors (Lipinski definition) is 1. The number of carbonyl (C=O) groups is 1. The standard InChI is InChI=1S/C19H26N2O3S/c1-14(2)23-10-4-9-20-18(22)11-16-13-25-19(21-16)12-24-17-7-5-15(3)6-8-17/h5-8,13-14H,4,9-12H2,1-3H3,(H,20,22). The number of benzene rings is 1. The van der Waals surface area contributed by atoms with Crippen molar-refractivity contribution in [2.24, 2.45) is 0 Å². The molecule has 1 heterocycles. The fourth-order valence-corrected chi connectivity index (χ4v) is 2.83. The van der Waals surface area contributed by atoms with Gasteiger partial charge >= 0.3 is 0 Å². The smallest absolute Gasteiger partial charge is 0.226 e. The molecule has 1 N–H and O–H groups in total. The quantitative estimate of drug-likeness (QED) is 0.657. The van der Waals surface area contributed by atoms with Gasteiger partial charge in [-0.1, -0.05) is 17.7 Å². The first-order valence-electron chi connectivity index (χ1n) is 8.54. The first-order chi connectivity index (χ1) is 12.0. The number of carbonyl (C=O) groups excluding carboxylic acids is 1. The summed E-state index contributed by atoms with van der Waals surface area (Å²) in [4.78, 5) is 16.4. The Bertz CT molecular complexity index is 653. The Hall–Kier alpha value is -1.92. The Morgan fingerprint density at radius 2 is 2.04 bits per heavy atom. The minimum absolute atomic E-state index is 0.0131. The zero-order chi connectivity index (χ0) is 18.1. The number of ether oxygens (including phenoxy) is 2. The number of aromatic nitrogens is 1. The zero-order valence-electron chi connectivity index (χ0n) is 15.1. The molecule has 1 aromatic carbocycles. The molecule has 1 amide bonds. The summed E-state index contributed by atoms with van der Waals surface area (Å²) >= 11 is 1.51. The van der Waals surface area contributed by atoms with E-state index >= 15 is 0 Å². The van der Waals surface area contributed by atoms with E-state index in [0.717, 1.165) is 22.9 Å². The molecule has 6 heteroatoms. The van der Waals surface area contributed by atoms with Gasteiger partial charge in [0.2, 0.25) is 5.91 Å². The molecule has 0 atom stereocenters. The predicted molar refractivity (Wildman–Crippen MR) is 100 cm³/mol. The van der Waals surface area contributed by atoms with E-state index in [-0.39, 0.29) is 12.0 Å². The Balaban J connectivity index is 1.68. The van der Waals surface area contributed by atoms with Gasteiger partial charge in [0.05, 0.1) is 18.2 Å². The number of thiazole rings is 1. The second-order valence-corrected chi connectivity index (χ2v) is 7.08. The summed E-state index contributed by atoms with van der Waals surface area (Å²) < 4.78 is 11.1. The highest BCUT2D eigenvalue weighted by Crippen LogP contribution is 2.16. The first-order valence-corrected chi connectivity index (χ1v) is 9.42. The molecule has 0 unspecified atom stereocenters. The second-order valence-electron chi connectivity index (χ2n) is 6.13. The third-order valence-corrected chi connectivity index (χ3v) is 4.29. The number of amides is 1. The van der Waals surface area contributed by atoms with Crippen molar-refractivity contribution in [3.05, 3.63) is 45.9 Å². The van der Waals surface area contributed by atoms with Gasteiger partial charge in [-0.25, -0.2) is 4.98 Å². The maximum absolute atomic E-state index is 11.9. The molecule has 2 aromatic rings. The minimum Gasteiger partial charge on any atom is -0.486 e. The van der Waals surface area contributed by atoms with E-state index in [0.29, 0.717) is 26.2 Å². The van der Waals surface area contributed by atoms with Crippen LogP contribution < -0.4 is 10.1 Å². The lowest BCUT2D eigenvalue weighted by Gasteiger charge is -2.07. The summed E-state index contributed by atoms with van der Waals surface area (Å²) in [5.41, 5.74) is 1.98. The van der Waals surface area contributed by atoms with Gasteiger partial charge in [0.1, 0.15) is 17.4 Å². The fourth-order valence-electron chi connectivity index (χ4n) is 2.12. The molecular formula is C19H26N2O3S. The zero-order valence-corrected chi connectivity index (χ0v) is 15.9. The molecule has 0 saturated carbocycles. The van der Waals surface area contributed by atoms with Gasteiger partial charge < -0.3 is 14.8 Å². The number of nitrogens with one attached hydrogen (secondary N) is 1. The number of hydrogen-bond acceptors (Lipinski definition) is 5. The normalized spacial score (nSPS) is 10.9. The van der Waals surface area contributed by atoms with Gasteiger partial charge in [-0.05, 0) is 39.3 Å². The van der Waals surface area contributed by atoms with Crippen molar-refractivity contribution >= 4 is 17.2 Å². The van der Waals surface area contributed by atoms with Crippen LogP contribution in [-0.2, 0) is 22.6 Å². The molecule has 0 bridgehead atoms. The van der Waals surface area contributed by atoms with Crippen molar-refractivity contribution in [1.82, 2.24) is 10.3 Å². The highest BCUT2D eigenvalue weighted by Gasteiger charge is 2.08. The SMILES string of the molecule is Cc1ccc(OCc2nc(CC(=O)NCCCOC(C)C)cs2)cc1. The Morgan fingerprint density at radius 1 is 1.28 bits per heavy atom. The van der Waals surface area contributed by atoms with Gasteiger partial charge in [0, 0.05) is 18.5 Å². The summed E-state index contributed by atoms with van der Waals surface area (Å²) in [5, 5.41) is 5.67. The number of rotatable bonds is 10. The van der Waals surface area contributed by atoms with Gasteiger partial charge in [-0.3, -0.25) is 4.79 Å². The average molecular weight is 362 g/mol. The lowest BCUT2D eigenvalue weighted by molar-refractivity contribution is -0.120. The first kappa shape index (κ1) is 19.4. The number of aryl methyl sites for hydroxylation is 1. The van der Waals surface area contributed by atoms with E-state index in [9.17, 15) is 4.79 Å². The Morgan fingerprint density at radius 3 is 2.76 bits per heavy atom. The van der Waals surface area contributed by atoms with Gasteiger partial charge in [0.15, 0.2) is 0 Å². The molecule has 0 fully saturated rings. The summed E-state index contributed by atoms with van der Waals surface area (Å²) in [6.07, 6.45) is 1.34. The van der Waals surface area contributed by atoms with Gasteiger partial charge in [0.25, 0.3) is 0 Å².